The Balaban J connectivity index is 1.55. The third-order valence-electron chi connectivity index (χ3n) is 9.34. The van der Waals surface area contributed by atoms with Crippen molar-refractivity contribution in [2.24, 2.45) is 39.9 Å². The number of Topliss-reactive ketones (excluding diaryl/α,β-unsaturated/α-hetero) is 1. The van der Waals surface area contributed by atoms with Crippen molar-refractivity contribution in [3.63, 3.8) is 0 Å². The molecule has 0 aromatic heterocycles. The second-order valence-electron chi connectivity index (χ2n) is 10.0. The van der Waals surface area contributed by atoms with Crippen LogP contribution in [0.15, 0.2) is 23.8 Å². The lowest BCUT2D eigenvalue weighted by molar-refractivity contribution is -0.128. The number of hydrogen-bond donors (Lipinski definition) is 1. The standard InChI is InChI=1S/C23H30O3/c1-4-19(26)23-12-22(23)11-18(25)20-16(17(22)9-13(23)2)6-5-14-10-15(24)7-8-21(14,20)3/h7-8,10,13,16-18,20,25H,4-6,9,11-12H2,1-3H3/t13-,16+,17+,18+,20-,21+,22-,23-/m1/s1. The molecule has 8 atom stereocenters. The molecule has 26 heavy (non-hydrogen) atoms. The lowest BCUT2D eigenvalue weighted by atomic mass is 9.49. The summed E-state index contributed by atoms with van der Waals surface area (Å²) >= 11 is 0. The van der Waals surface area contributed by atoms with Crippen molar-refractivity contribution in [1.29, 1.82) is 0 Å². The first-order chi connectivity index (χ1) is 12.3. The molecule has 0 aromatic rings. The van der Waals surface area contributed by atoms with Crippen molar-refractivity contribution in [2.45, 2.75) is 65.4 Å². The molecule has 0 unspecified atom stereocenters. The highest BCUT2D eigenvalue weighted by Crippen LogP contribution is 2.84. The van der Waals surface area contributed by atoms with Crippen LogP contribution in [-0.2, 0) is 9.59 Å². The van der Waals surface area contributed by atoms with Crippen LogP contribution in [0.1, 0.15) is 59.3 Å². The number of rotatable bonds is 2. The van der Waals surface area contributed by atoms with Gasteiger partial charge in [-0.15, -0.1) is 0 Å². The van der Waals surface area contributed by atoms with E-state index in [2.05, 4.69) is 19.9 Å². The van der Waals surface area contributed by atoms with E-state index in [-0.39, 0.29) is 34.1 Å². The molecule has 0 aromatic carbocycles. The Morgan fingerprint density at radius 2 is 2.15 bits per heavy atom. The van der Waals surface area contributed by atoms with Gasteiger partial charge in [0, 0.05) is 23.2 Å². The highest BCUT2D eigenvalue weighted by molar-refractivity contribution is 6.01. The number of aliphatic hydroxyl groups is 1. The number of hydrogen-bond acceptors (Lipinski definition) is 3. The molecule has 3 heteroatoms. The number of allylic oxidation sites excluding steroid dienone is 4. The summed E-state index contributed by atoms with van der Waals surface area (Å²) in [5.41, 5.74) is 0.925. The minimum atomic E-state index is -0.375. The van der Waals surface area contributed by atoms with E-state index in [9.17, 15) is 14.7 Å². The Kier molecular flexibility index (Phi) is 3.24. The Bertz CT molecular complexity index is 763. The van der Waals surface area contributed by atoms with Crippen LogP contribution >= 0.6 is 0 Å². The molecule has 0 saturated heterocycles. The lowest BCUT2D eigenvalue weighted by Gasteiger charge is -2.56. The maximum atomic E-state index is 12.9. The summed E-state index contributed by atoms with van der Waals surface area (Å²) in [5, 5.41) is 11.3. The van der Waals surface area contributed by atoms with Gasteiger partial charge in [-0.1, -0.05) is 32.4 Å². The third-order valence-corrected chi connectivity index (χ3v) is 9.34. The van der Waals surface area contributed by atoms with Gasteiger partial charge in [0.1, 0.15) is 5.78 Å². The van der Waals surface area contributed by atoms with E-state index in [0.717, 1.165) is 32.1 Å². The Morgan fingerprint density at radius 3 is 2.88 bits per heavy atom. The summed E-state index contributed by atoms with van der Waals surface area (Å²) in [4.78, 5) is 24.8. The van der Waals surface area contributed by atoms with Gasteiger partial charge in [-0.25, -0.2) is 0 Å². The highest BCUT2D eigenvalue weighted by atomic mass is 16.3. The number of carbonyl (C=O) groups excluding carboxylic acids is 2. The number of aliphatic hydroxyl groups excluding tert-OH is 1. The molecular formula is C23H30O3. The fourth-order valence-corrected chi connectivity index (χ4v) is 8.33. The van der Waals surface area contributed by atoms with E-state index in [0.29, 0.717) is 30.0 Å². The van der Waals surface area contributed by atoms with E-state index < -0.39 is 0 Å². The van der Waals surface area contributed by atoms with E-state index in [4.69, 9.17) is 0 Å². The van der Waals surface area contributed by atoms with Gasteiger partial charge in [0.25, 0.3) is 0 Å². The summed E-state index contributed by atoms with van der Waals surface area (Å²) in [5.74, 6) is 2.17. The average Bonchev–Trinajstić information content (AvgIpc) is 3.20. The number of fused-ring (bicyclic) bond motifs is 4. The van der Waals surface area contributed by atoms with E-state index in [1.54, 1.807) is 6.08 Å². The van der Waals surface area contributed by atoms with Gasteiger partial charge in [-0.05, 0) is 67.4 Å². The summed E-state index contributed by atoms with van der Waals surface area (Å²) in [6.45, 7) is 6.49. The molecule has 140 valence electrons. The second kappa shape index (κ2) is 4.98. The quantitative estimate of drug-likeness (QED) is 0.819. The zero-order chi connectivity index (χ0) is 18.5. The molecule has 1 spiro atoms. The predicted molar refractivity (Wildman–Crippen MR) is 99.2 cm³/mol. The zero-order valence-corrected chi connectivity index (χ0v) is 16.1. The molecule has 0 amide bonds. The summed E-state index contributed by atoms with van der Waals surface area (Å²) < 4.78 is 0. The lowest BCUT2D eigenvalue weighted by Crippen LogP contribution is -2.53. The molecule has 0 radical (unpaired) electrons. The fraction of sp³-hybridized carbons (Fsp3) is 0.739. The van der Waals surface area contributed by atoms with Crippen LogP contribution < -0.4 is 0 Å². The molecule has 1 N–H and O–H groups in total. The van der Waals surface area contributed by atoms with Gasteiger partial charge in [-0.3, -0.25) is 9.59 Å². The molecule has 0 heterocycles. The predicted octanol–water partition coefficient (Wildman–Crippen LogP) is 3.86. The van der Waals surface area contributed by atoms with Gasteiger partial charge in [-0.2, -0.15) is 0 Å². The van der Waals surface area contributed by atoms with Crippen molar-refractivity contribution in [3.8, 4) is 0 Å². The average molecular weight is 354 g/mol. The Hall–Kier alpha value is -1.22. The molecule has 5 aliphatic carbocycles. The summed E-state index contributed by atoms with van der Waals surface area (Å²) in [7, 11) is 0. The van der Waals surface area contributed by atoms with Gasteiger partial charge >= 0.3 is 0 Å². The van der Waals surface area contributed by atoms with Gasteiger partial charge in [0.2, 0.25) is 0 Å². The summed E-state index contributed by atoms with van der Waals surface area (Å²) in [6.07, 6.45) is 10.8. The van der Waals surface area contributed by atoms with Crippen molar-refractivity contribution < 1.29 is 14.7 Å². The van der Waals surface area contributed by atoms with Crippen LogP contribution in [0.25, 0.3) is 0 Å². The maximum absolute atomic E-state index is 12.9. The largest absolute Gasteiger partial charge is 0.393 e. The molecule has 4 fully saturated rings. The van der Waals surface area contributed by atoms with Crippen LogP contribution in [-0.4, -0.2) is 22.8 Å². The van der Waals surface area contributed by atoms with Crippen LogP contribution in [0, 0.1) is 39.9 Å². The van der Waals surface area contributed by atoms with Crippen LogP contribution in [0.2, 0.25) is 0 Å². The van der Waals surface area contributed by atoms with Crippen molar-refractivity contribution in [3.05, 3.63) is 23.8 Å². The third kappa shape index (κ3) is 1.70. The van der Waals surface area contributed by atoms with E-state index >= 15 is 0 Å². The first-order valence-corrected chi connectivity index (χ1v) is 10.5. The Morgan fingerprint density at radius 1 is 1.38 bits per heavy atom. The SMILES string of the molecule is CCC(=O)[C@]12C[C@@]13C[C@H](O)[C@H]1[C@@H](CCC4=CC(=O)C=C[C@@]41C)[C@@H]3C[C@H]2C. The smallest absolute Gasteiger partial charge is 0.178 e. The second-order valence-corrected chi connectivity index (χ2v) is 10.0. The van der Waals surface area contributed by atoms with Gasteiger partial charge < -0.3 is 5.11 Å². The number of carbonyl (C=O) groups is 2. The molecule has 5 rings (SSSR count). The van der Waals surface area contributed by atoms with E-state index in [1.807, 2.05) is 13.0 Å². The van der Waals surface area contributed by atoms with Crippen molar-refractivity contribution in [2.75, 3.05) is 0 Å². The summed E-state index contributed by atoms with van der Waals surface area (Å²) in [6, 6.07) is 0. The maximum Gasteiger partial charge on any atom is 0.178 e. The van der Waals surface area contributed by atoms with Crippen molar-refractivity contribution in [1.82, 2.24) is 0 Å². The molecule has 0 bridgehead atoms. The fourth-order valence-electron chi connectivity index (χ4n) is 8.33. The molecule has 4 saturated carbocycles. The van der Waals surface area contributed by atoms with Gasteiger partial charge in [0.15, 0.2) is 5.78 Å². The molecular weight excluding hydrogens is 324 g/mol. The Labute approximate surface area is 155 Å². The molecule has 0 aliphatic heterocycles. The first kappa shape index (κ1) is 16.9. The molecule has 3 nitrogen and oxygen atoms in total. The van der Waals surface area contributed by atoms with Crippen LogP contribution in [0.5, 0.6) is 0 Å². The van der Waals surface area contributed by atoms with Crippen molar-refractivity contribution >= 4 is 11.6 Å². The normalized spacial score (nSPS) is 53.9. The first-order valence-electron chi connectivity index (χ1n) is 10.5. The monoisotopic (exact) mass is 354 g/mol. The number of ketones is 2. The minimum absolute atomic E-state index is 0.0614. The van der Waals surface area contributed by atoms with E-state index in [1.165, 1.54) is 5.57 Å². The van der Waals surface area contributed by atoms with Crippen LogP contribution in [0.4, 0.5) is 0 Å². The van der Waals surface area contributed by atoms with Gasteiger partial charge in [0.05, 0.1) is 6.10 Å². The minimum Gasteiger partial charge on any atom is -0.393 e. The zero-order valence-electron chi connectivity index (χ0n) is 16.1. The highest BCUT2D eigenvalue weighted by Gasteiger charge is 2.82. The van der Waals surface area contributed by atoms with Crippen LogP contribution in [0.3, 0.4) is 0 Å². The molecule has 5 aliphatic rings. The topological polar surface area (TPSA) is 54.4 Å².